The number of aryl methyl sites for hydroxylation is 2. The van der Waals surface area contributed by atoms with Crippen molar-refractivity contribution in [2.45, 2.75) is 44.9 Å². The van der Waals surface area contributed by atoms with Crippen LogP contribution in [0.5, 0.6) is 0 Å². The van der Waals surface area contributed by atoms with Gasteiger partial charge in [0.1, 0.15) is 0 Å². The molecule has 0 heterocycles. The first-order chi connectivity index (χ1) is 12.3. The maximum atomic E-state index is 12.7. The second-order valence-electron chi connectivity index (χ2n) is 6.58. The zero-order valence-corrected chi connectivity index (χ0v) is 16.3. The third kappa shape index (κ3) is 4.69. The molecule has 0 saturated heterocycles. The Morgan fingerprint density at radius 3 is 1.93 bits per heavy atom. The molecule has 2 rings (SSSR count). The third-order valence-electron chi connectivity index (χ3n) is 4.66. The Balaban J connectivity index is 2.21. The second-order valence-corrected chi connectivity index (χ2v) is 8.28. The highest BCUT2D eigenvalue weighted by molar-refractivity contribution is 7.89. The maximum Gasteiger partial charge on any atom is 0.416 e. The van der Waals surface area contributed by atoms with Crippen molar-refractivity contribution in [1.29, 1.82) is 0 Å². The Hall–Kier alpha value is -1.90. The summed E-state index contributed by atoms with van der Waals surface area (Å²) in [6, 6.07) is 5.88. The topological polar surface area (TPSA) is 66.4 Å². The van der Waals surface area contributed by atoms with Crippen LogP contribution in [-0.4, -0.2) is 20.1 Å². The summed E-state index contributed by atoms with van der Waals surface area (Å²) in [4.78, 5) is 0.166. The Kier molecular flexibility index (Phi) is 6.03. The van der Waals surface area contributed by atoms with Gasteiger partial charge in [0.25, 0.3) is 0 Å². The largest absolute Gasteiger partial charge is 0.416 e. The third-order valence-corrected chi connectivity index (χ3v) is 6.35. The number of nitrogens with one attached hydrogen (secondary N) is 1. The van der Waals surface area contributed by atoms with E-state index in [1.807, 2.05) is 19.9 Å². The van der Waals surface area contributed by atoms with E-state index in [-0.39, 0.29) is 17.0 Å². The van der Waals surface area contributed by atoms with Crippen molar-refractivity contribution in [3.8, 4) is 0 Å². The van der Waals surface area contributed by atoms with E-state index in [2.05, 4.69) is 4.72 Å². The molecular formula is C19H22F3NO3S. The van der Waals surface area contributed by atoms with Gasteiger partial charge in [0.15, 0.2) is 0 Å². The molecule has 1 atom stereocenters. The molecule has 0 bridgehead atoms. The van der Waals surface area contributed by atoms with Gasteiger partial charge >= 0.3 is 6.18 Å². The predicted molar refractivity (Wildman–Crippen MR) is 97.0 cm³/mol. The van der Waals surface area contributed by atoms with Gasteiger partial charge in [0.2, 0.25) is 10.0 Å². The van der Waals surface area contributed by atoms with Crippen molar-refractivity contribution in [3.05, 3.63) is 63.7 Å². The van der Waals surface area contributed by atoms with Gasteiger partial charge in [-0.15, -0.1) is 0 Å². The molecule has 148 valence electrons. The van der Waals surface area contributed by atoms with E-state index in [4.69, 9.17) is 0 Å². The summed E-state index contributed by atoms with van der Waals surface area (Å²) < 4.78 is 65.6. The van der Waals surface area contributed by atoms with E-state index < -0.39 is 27.9 Å². The lowest BCUT2D eigenvalue weighted by Crippen LogP contribution is -2.30. The van der Waals surface area contributed by atoms with Crippen LogP contribution in [0.2, 0.25) is 0 Å². The highest BCUT2D eigenvalue weighted by atomic mass is 32.2. The van der Waals surface area contributed by atoms with Gasteiger partial charge in [-0.1, -0.05) is 18.2 Å². The van der Waals surface area contributed by atoms with Gasteiger partial charge in [-0.05, 0) is 67.6 Å². The van der Waals surface area contributed by atoms with Crippen LogP contribution < -0.4 is 4.72 Å². The predicted octanol–water partition coefficient (Wildman–Crippen LogP) is 3.95. The molecule has 0 aliphatic rings. The first-order valence-corrected chi connectivity index (χ1v) is 9.75. The Bertz CT molecular complexity index is 910. The molecule has 0 amide bonds. The van der Waals surface area contributed by atoms with E-state index in [1.165, 1.54) is 0 Å². The minimum absolute atomic E-state index is 0.166. The van der Waals surface area contributed by atoms with E-state index in [1.54, 1.807) is 13.8 Å². The number of alkyl halides is 3. The molecule has 0 radical (unpaired) electrons. The molecule has 1 unspecified atom stereocenters. The van der Waals surface area contributed by atoms with Crippen LogP contribution in [0.15, 0.2) is 35.2 Å². The quantitative estimate of drug-likeness (QED) is 0.797. The lowest BCUT2D eigenvalue weighted by molar-refractivity contribution is -0.137. The lowest BCUT2D eigenvalue weighted by atomic mass is 10.0. The summed E-state index contributed by atoms with van der Waals surface area (Å²) >= 11 is 0. The van der Waals surface area contributed by atoms with E-state index >= 15 is 0 Å². The van der Waals surface area contributed by atoms with Gasteiger partial charge in [-0.3, -0.25) is 0 Å². The van der Waals surface area contributed by atoms with Crippen molar-refractivity contribution in [2.75, 3.05) is 6.54 Å². The molecule has 0 saturated carbocycles. The number of halogens is 3. The number of benzene rings is 2. The summed E-state index contributed by atoms with van der Waals surface area (Å²) in [6.45, 7) is 6.71. The fourth-order valence-electron chi connectivity index (χ4n) is 2.86. The molecule has 8 heteroatoms. The minimum Gasteiger partial charge on any atom is -0.387 e. The summed E-state index contributed by atoms with van der Waals surface area (Å²) in [6.07, 6.45) is -5.74. The second kappa shape index (κ2) is 7.61. The van der Waals surface area contributed by atoms with Gasteiger partial charge < -0.3 is 5.11 Å². The Morgan fingerprint density at radius 1 is 1.00 bits per heavy atom. The van der Waals surface area contributed by atoms with Gasteiger partial charge in [0.05, 0.1) is 16.6 Å². The highest BCUT2D eigenvalue weighted by Crippen LogP contribution is 2.30. The molecule has 0 fully saturated rings. The first kappa shape index (κ1) is 21.4. The average Bonchev–Trinajstić information content (AvgIpc) is 2.57. The standard InChI is InChI=1S/C19H22F3NO3S/c1-11-9-12(2)14(4)18(13(11)3)27(25,26)23-10-17(24)15-5-7-16(8-6-15)19(20,21)22/h5-9,17,23-24H,10H2,1-4H3. The summed E-state index contributed by atoms with van der Waals surface area (Å²) in [5.41, 5.74) is 2.27. The molecule has 4 nitrogen and oxygen atoms in total. The number of aliphatic hydroxyl groups excluding tert-OH is 1. The normalized spacial score (nSPS) is 13.6. The summed E-state index contributed by atoms with van der Waals surface area (Å²) in [5.74, 6) is 0. The average molecular weight is 401 g/mol. The van der Waals surface area contributed by atoms with Crippen LogP contribution in [0, 0.1) is 27.7 Å². The van der Waals surface area contributed by atoms with Crippen molar-refractivity contribution in [1.82, 2.24) is 4.72 Å². The molecule has 0 spiro atoms. The van der Waals surface area contributed by atoms with Crippen LogP contribution in [0.3, 0.4) is 0 Å². The van der Waals surface area contributed by atoms with Crippen LogP contribution in [-0.2, 0) is 16.2 Å². The summed E-state index contributed by atoms with van der Waals surface area (Å²) in [7, 11) is -3.89. The number of aliphatic hydroxyl groups is 1. The lowest BCUT2D eigenvalue weighted by Gasteiger charge is -2.18. The van der Waals surface area contributed by atoms with E-state index in [9.17, 15) is 26.7 Å². The van der Waals surface area contributed by atoms with Gasteiger partial charge in [0, 0.05) is 6.54 Å². The highest BCUT2D eigenvalue weighted by Gasteiger charge is 2.30. The monoisotopic (exact) mass is 401 g/mol. The van der Waals surface area contributed by atoms with E-state index in [0.717, 1.165) is 35.4 Å². The number of sulfonamides is 1. The first-order valence-electron chi connectivity index (χ1n) is 8.27. The Morgan fingerprint density at radius 2 is 1.48 bits per heavy atom. The van der Waals surface area contributed by atoms with Crippen LogP contribution >= 0.6 is 0 Å². The number of hydrogen-bond acceptors (Lipinski definition) is 3. The Labute approximate surface area is 157 Å². The zero-order chi connectivity index (χ0) is 20.6. The molecule has 0 aliphatic heterocycles. The SMILES string of the molecule is Cc1cc(C)c(C)c(S(=O)(=O)NCC(O)c2ccc(C(F)(F)F)cc2)c1C. The fourth-order valence-corrected chi connectivity index (χ4v) is 4.51. The zero-order valence-electron chi connectivity index (χ0n) is 15.5. The van der Waals surface area contributed by atoms with Crippen molar-refractivity contribution in [2.24, 2.45) is 0 Å². The number of rotatable bonds is 5. The van der Waals surface area contributed by atoms with Crippen LogP contribution in [0.1, 0.15) is 39.5 Å². The van der Waals surface area contributed by atoms with Gasteiger partial charge in [-0.25, -0.2) is 13.1 Å². The fraction of sp³-hybridized carbons (Fsp3) is 0.368. The maximum absolute atomic E-state index is 12.7. The summed E-state index contributed by atoms with van der Waals surface area (Å²) in [5, 5.41) is 10.2. The molecule has 2 aromatic carbocycles. The van der Waals surface area contributed by atoms with Crippen molar-refractivity contribution in [3.63, 3.8) is 0 Å². The smallest absolute Gasteiger partial charge is 0.387 e. The molecular weight excluding hydrogens is 379 g/mol. The molecule has 0 aromatic heterocycles. The van der Waals surface area contributed by atoms with E-state index in [0.29, 0.717) is 11.1 Å². The van der Waals surface area contributed by atoms with Gasteiger partial charge in [-0.2, -0.15) is 13.2 Å². The van der Waals surface area contributed by atoms with Crippen LogP contribution in [0.4, 0.5) is 13.2 Å². The molecule has 27 heavy (non-hydrogen) atoms. The molecule has 2 N–H and O–H groups in total. The van der Waals surface area contributed by atoms with Crippen molar-refractivity contribution >= 4 is 10.0 Å². The molecule has 0 aliphatic carbocycles. The number of hydrogen-bond donors (Lipinski definition) is 2. The van der Waals surface area contributed by atoms with Crippen LogP contribution in [0.25, 0.3) is 0 Å². The molecule has 2 aromatic rings. The minimum atomic E-state index is -4.47. The van der Waals surface area contributed by atoms with Crippen molar-refractivity contribution < 1.29 is 26.7 Å².